The third-order valence-electron chi connectivity index (χ3n) is 3.61. The molecule has 0 radical (unpaired) electrons. The van der Waals surface area contributed by atoms with E-state index in [1.165, 1.54) is 12.8 Å². The maximum Gasteiger partial charge on any atom is 0.129 e. The first-order chi connectivity index (χ1) is 8.11. The molecule has 0 spiro atoms. The molecule has 2 heterocycles. The smallest absolute Gasteiger partial charge is 0.129 e. The van der Waals surface area contributed by atoms with Crippen molar-refractivity contribution in [2.45, 2.75) is 32.7 Å². The van der Waals surface area contributed by atoms with E-state index in [-0.39, 0.29) is 0 Å². The molecular formula is C13H20BrN3. The van der Waals surface area contributed by atoms with Gasteiger partial charge in [0.15, 0.2) is 0 Å². The van der Waals surface area contributed by atoms with Gasteiger partial charge in [-0.15, -0.1) is 0 Å². The van der Waals surface area contributed by atoms with Crippen molar-refractivity contribution >= 4 is 21.7 Å². The predicted octanol–water partition coefficient (Wildman–Crippen LogP) is 2.72. The van der Waals surface area contributed by atoms with Gasteiger partial charge in [0.1, 0.15) is 5.82 Å². The van der Waals surface area contributed by atoms with E-state index in [0.29, 0.717) is 12.0 Å². The van der Waals surface area contributed by atoms with Crippen molar-refractivity contribution in [1.82, 2.24) is 4.98 Å². The highest BCUT2D eigenvalue weighted by Crippen LogP contribution is 2.27. The summed E-state index contributed by atoms with van der Waals surface area (Å²) < 4.78 is 1.07. The van der Waals surface area contributed by atoms with Gasteiger partial charge in [0, 0.05) is 17.1 Å². The van der Waals surface area contributed by atoms with Crippen LogP contribution in [0.15, 0.2) is 16.6 Å². The van der Waals surface area contributed by atoms with Crippen LogP contribution in [0, 0.1) is 12.8 Å². The molecule has 94 valence electrons. The van der Waals surface area contributed by atoms with Crippen LogP contribution in [-0.2, 0) is 0 Å². The lowest BCUT2D eigenvalue weighted by atomic mass is 9.93. The fraction of sp³-hybridized carbons (Fsp3) is 0.615. The van der Waals surface area contributed by atoms with Gasteiger partial charge in [0.05, 0.1) is 5.69 Å². The maximum absolute atomic E-state index is 5.79. The van der Waals surface area contributed by atoms with Crippen molar-refractivity contribution in [1.29, 1.82) is 0 Å². The minimum atomic E-state index is 0.561. The van der Waals surface area contributed by atoms with E-state index in [1.807, 2.05) is 6.92 Å². The van der Waals surface area contributed by atoms with E-state index < -0.39 is 0 Å². The van der Waals surface area contributed by atoms with E-state index in [4.69, 9.17) is 5.73 Å². The molecule has 1 fully saturated rings. The van der Waals surface area contributed by atoms with E-state index in [2.05, 4.69) is 44.9 Å². The van der Waals surface area contributed by atoms with Crippen LogP contribution < -0.4 is 10.6 Å². The molecular weight excluding hydrogens is 278 g/mol. The fourth-order valence-electron chi connectivity index (χ4n) is 2.38. The zero-order valence-corrected chi connectivity index (χ0v) is 12.1. The van der Waals surface area contributed by atoms with Crippen LogP contribution in [0.25, 0.3) is 0 Å². The van der Waals surface area contributed by atoms with E-state index in [9.17, 15) is 0 Å². The third-order valence-corrected chi connectivity index (χ3v) is 4.45. The average Bonchev–Trinajstić information content (AvgIpc) is 2.33. The Morgan fingerprint density at radius 1 is 1.47 bits per heavy atom. The van der Waals surface area contributed by atoms with Crippen molar-refractivity contribution in [2.24, 2.45) is 11.7 Å². The number of hydrogen-bond donors (Lipinski definition) is 1. The zero-order chi connectivity index (χ0) is 12.4. The molecule has 1 aliphatic rings. The largest absolute Gasteiger partial charge is 0.354 e. The van der Waals surface area contributed by atoms with Gasteiger partial charge in [-0.3, -0.25) is 0 Å². The molecule has 2 unspecified atom stereocenters. The van der Waals surface area contributed by atoms with Crippen molar-refractivity contribution < 1.29 is 0 Å². The first-order valence-corrected chi connectivity index (χ1v) is 7.01. The van der Waals surface area contributed by atoms with Crippen molar-refractivity contribution in [2.75, 3.05) is 18.0 Å². The summed E-state index contributed by atoms with van der Waals surface area (Å²) in [5.74, 6) is 1.69. The van der Waals surface area contributed by atoms with Crippen LogP contribution in [0.5, 0.6) is 0 Å². The van der Waals surface area contributed by atoms with Crippen LogP contribution in [0.3, 0.4) is 0 Å². The molecule has 0 aliphatic carbocycles. The molecule has 1 saturated heterocycles. The SMILES string of the molecule is Cc1nc(N2CC(CN)CCC2C)ccc1Br. The summed E-state index contributed by atoms with van der Waals surface area (Å²) in [5.41, 5.74) is 6.83. The highest BCUT2D eigenvalue weighted by Gasteiger charge is 2.25. The Morgan fingerprint density at radius 3 is 2.88 bits per heavy atom. The summed E-state index contributed by atoms with van der Waals surface area (Å²) in [6, 6.07) is 4.73. The second-order valence-electron chi connectivity index (χ2n) is 4.92. The average molecular weight is 298 g/mol. The lowest BCUT2D eigenvalue weighted by Crippen LogP contribution is -2.44. The van der Waals surface area contributed by atoms with Gasteiger partial charge in [-0.05, 0) is 67.2 Å². The number of hydrogen-bond acceptors (Lipinski definition) is 3. The van der Waals surface area contributed by atoms with Crippen LogP contribution in [0.4, 0.5) is 5.82 Å². The minimum Gasteiger partial charge on any atom is -0.354 e. The number of aryl methyl sites for hydroxylation is 1. The predicted molar refractivity (Wildman–Crippen MR) is 75.3 cm³/mol. The zero-order valence-electron chi connectivity index (χ0n) is 10.5. The molecule has 17 heavy (non-hydrogen) atoms. The van der Waals surface area contributed by atoms with Crippen molar-refractivity contribution in [3.63, 3.8) is 0 Å². The molecule has 0 bridgehead atoms. The quantitative estimate of drug-likeness (QED) is 0.913. The standard InChI is InChI=1S/C13H20BrN3/c1-9-3-4-11(7-15)8-17(9)13-6-5-12(14)10(2)16-13/h5-6,9,11H,3-4,7-8,15H2,1-2H3. The van der Waals surface area contributed by atoms with Gasteiger partial charge in [-0.2, -0.15) is 0 Å². The molecule has 0 saturated carbocycles. The number of anilines is 1. The van der Waals surface area contributed by atoms with Gasteiger partial charge in [-0.1, -0.05) is 0 Å². The van der Waals surface area contributed by atoms with E-state index in [1.54, 1.807) is 0 Å². The molecule has 1 aromatic heterocycles. The summed E-state index contributed by atoms with van der Waals surface area (Å²) in [5, 5.41) is 0. The third kappa shape index (κ3) is 2.80. The Hall–Kier alpha value is -0.610. The first kappa shape index (κ1) is 12.8. The van der Waals surface area contributed by atoms with Gasteiger partial charge in [0.25, 0.3) is 0 Å². The molecule has 1 aliphatic heterocycles. The summed E-state index contributed by atoms with van der Waals surface area (Å²) in [6.45, 7) is 6.11. The molecule has 0 aromatic carbocycles. The number of nitrogens with two attached hydrogens (primary N) is 1. The van der Waals surface area contributed by atoms with Crippen molar-refractivity contribution in [3.8, 4) is 0 Å². The topological polar surface area (TPSA) is 42.2 Å². The second-order valence-corrected chi connectivity index (χ2v) is 5.77. The summed E-state index contributed by atoms with van der Waals surface area (Å²) in [4.78, 5) is 7.04. The number of aromatic nitrogens is 1. The Labute approximate surface area is 112 Å². The molecule has 2 atom stereocenters. The molecule has 3 nitrogen and oxygen atoms in total. The summed E-state index contributed by atoms with van der Waals surface area (Å²) >= 11 is 3.49. The minimum absolute atomic E-state index is 0.561. The molecule has 2 rings (SSSR count). The van der Waals surface area contributed by atoms with Crippen molar-refractivity contribution in [3.05, 3.63) is 22.3 Å². The Balaban J connectivity index is 2.21. The fourth-order valence-corrected chi connectivity index (χ4v) is 2.61. The molecule has 1 aromatic rings. The Bertz CT molecular complexity index is 394. The Kier molecular flexibility index (Phi) is 4.05. The number of halogens is 1. The lowest BCUT2D eigenvalue weighted by molar-refractivity contribution is 0.372. The number of pyridine rings is 1. The number of piperidine rings is 1. The van der Waals surface area contributed by atoms with Crippen LogP contribution in [0.1, 0.15) is 25.5 Å². The van der Waals surface area contributed by atoms with Gasteiger partial charge < -0.3 is 10.6 Å². The van der Waals surface area contributed by atoms with Crippen LogP contribution in [-0.4, -0.2) is 24.1 Å². The van der Waals surface area contributed by atoms with Crippen LogP contribution in [0.2, 0.25) is 0 Å². The highest BCUT2D eigenvalue weighted by molar-refractivity contribution is 9.10. The van der Waals surface area contributed by atoms with Gasteiger partial charge >= 0.3 is 0 Å². The number of nitrogens with zero attached hydrogens (tertiary/aromatic N) is 2. The van der Waals surface area contributed by atoms with Gasteiger partial charge in [0.2, 0.25) is 0 Å². The monoisotopic (exact) mass is 297 g/mol. The van der Waals surface area contributed by atoms with Gasteiger partial charge in [-0.25, -0.2) is 4.98 Å². The maximum atomic E-state index is 5.79. The first-order valence-electron chi connectivity index (χ1n) is 6.21. The molecule has 0 amide bonds. The summed E-state index contributed by atoms with van der Waals surface area (Å²) in [6.07, 6.45) is 2.45. The van der Waals surface area contributed by atoms with E-state index in [0.717, 1.165) is 29.1 Å². The lowest BCUT2D eigenvalue weighted by Gasteiger charge is -2.38. The Morgan fingerprint density at radius 2 is 2.24 bits per heavy atom. The molecule has 2 N–H and O–H groups in total. The summed E-state index contributed by atoms with van der Waals surface area (Å²) in [7, 11) is 0. The van der Waals surface area contributed by atoms with Crippen LogP contribution >= 0.6 is 15.9 Å². The normalized spacial score (nSPS) is 25.1. The molecule has 4 heteroatoms. The van der Waals surface area contributed by atoms with E-state index >= 15 is 0 Å². The number of rotatable bonds is 2. The highest BCUT2D eigenvalue weighted by atomic mass is 79.9. The second kappa shape index (κ2) is 5.36.